The second kappa shape index (κ2) is 8.21. The van der Waals surface area contributed by atoms with E-state index in [-0.39, 0.29) is 23.9 Å². The van der Waals surface area contributed by atoms with Crippen molar-refractivity contribution in [1.29, 1.82) is 0 Å². The second-order valence-electron chi connectivity index (χ2n) is 5.12. The van der Waals surface area contributed by atoms with E-state index in [1.807, 2.05) is 0 Å². The highest BCUT2D eigenvalue weighted by molar-refractivity contribution is 5.78. The van der Waals surface area contributed by atoms with Crippen molar-refractivity contribution in [2.24, 2.45) is 0 Å². The van der Waals surface area contributed by atoms with Crippen molar-refractivity contribution in [3.8, 4) is 0 Å². The predicted octanol–water partition coefficient (Wildman–Crippen LogP) is 0.984. The Morgan fingerprint density at radius 2 is 1.85 bits per heavy atom. The van der Waals surface area contributed by atoms with Crippen LogP contribution in [0.15, 0.2) is 0 Å². The molecule has 0 N–H and O–H groups in total. The average Bonchev–Trinajstić information content (AvgIpc) is 2.42. The number of amides is 1. The molecule has 0 aliphatic heterocycles. The molecule has 1 fully saturated rings. The summed E-state index contributed by atoms with van der Waals surface area (Å²) in [5, 5.41) is 0. The molecule has 1 aliphatic rings. The van der Waals surface area contributed by atoms with Crippen LogP contribution in [0.25, 0.3) is 0 Å². The van der Waals surface area contributed by atoms with Gasteiger partial charge in [0, 0.05) is 27.3 Å². The molecule has 0 spiro atoms. The van der Waals surface area contributed by atoms with Gasteiger partial charge in [-0.15, -0.1) is 0 Å². The van der Waals surface area contributed by atoms with Crippen LogP contribution in [0, 0.1) is 0 Å². The third-order valence-corrected chi connectivity index (χ3v) is 3.90. The van der Waals surface area contributed by atoms with Crippen LogP contribution in [-0.2, 0) is 23.8 Å². The van der Waals surface area contributed by atoms with Gasteiger partial charge < -0.3 is 19.1 Å². The quantitative estimate of drug-likeness (QED) is 0.592. The fourth-order valence-electron chi connectivity index (χ4n) is 2.30. The van der Waals surface area contributed by atoms with Crippen molar-refractivity contribution in [2.75, 3.05) is 41.0 Å². The Morgan fingerprint density at radius 1 is 1.15 bits per heavy atom. The van der Waals surface area contributed by atoms with Crippen LogP contribution in [0.3, 0.4) is 0 Å². The Balaban J connectivity index is 2.52. The van der Waals surface area contributed by atoms with Crippen molar-refractivity contribution in [1.82, 2.24) is 4.90 Å². The maximum atomic E-state index is 12.4. The van der Waals surface area contributed by atoms with E-state index in [1.165, 1.54) is 7.11 Å². The molecular formula is C14H25NO5. The molecule has 6 heteroatoms. The Bertz CT molecular complexity index is 322. The van der Waals surface area contributed by atoms with Gasteiger partial charge in [0.15, 0.2) is 0 Å². The van der Waals surface area contributed by atoms with Gasteiger partial charge in [-0.1, -0.05) is 0 Å². The van der Waals surface area contributed by atoms with Crippen LogP contribution in [0.2, 0.25) is 0 Å². The Kier molecular flexibility index (Phi) is 6.95. The minimum Gasteiger partial charge on any atom is -0.469 e. The van der Waals surface area contributed by atoms with E-state index in [4.69, 9.17) is 9.47 Å². The summed E-state index contributed by atoms with van der Waals surface area (Å²) in [7, 11) is 4.59. The van der Waals surface area contributed by atoms with Gasteiger partial charge in [0.1, 0.15) is 0 Å². The molecule has 0 heterocycles. The molecule has 1 aliphatic carbocycles. The molecule has 0 aromatic heterocycles. The monoisotopic (exact) mass is 287 g/mol. The van der Waals surface area contributed by atoms with Crippen LogP contribution in [-0.4, -0.2) is 63.4 Å². The number of nitrogens with zero attached hydrogens (tertiary/aromatic N) is 1. The molecule has 1 rings (SSSR count). The van der Waals surface area contributed by atoms with E-state index in [1.54, 1.807) is 19.1 Å². The highest BCUT2D eigenvalue weighted by Crippen LogP contribution is 2.38. The van der Waals surface area contributed by atoms with Gasteiger partial charge in [0.25, 0.3) is 0 Å². The molecule has 0 aromatic carbocycles. The molecule has 0 radical (unpaired) electrons. The van der Waals surface area contributed by atoms with E-state index in [9.17, 15) is 9.59 Å². The molecule has 0 aromatic rings. The number of ether oxygens (including phenoxy) is 3. The maximum absolute atomic E-state index is 12.4. The molecule has 116 valence electrons. The number of hydrogen-bond acceptors (Lipinski definition) is 5. The summed E-state index contributed by atoms with van der Waals surface area (Å²) >= 11 is 0. The largest absolute Gasteiger partial charge is 0.469 e. The van der Waals surface area contributed by atoms with Crippen LogP contribution in [0.4, 0.5) is 0 Å². The van der Waals surface area contributed by atoms with Gasteiger partial charge in [-0.05, 0) is 19.3 Å². The zero-order chi connectivity index (χ0) is 15.0. The first-order valence-electron chi connectivity index (χ1n) is 6.95. The summed E-state index contributed by atoms with van der Waals surface area (Å²) < 4.78 is 15.1. The van der Waals surface area contributed by atoms with Crippen molar-refractivity contribution in [3.63, 3.8) is 0 Å². The van der Waals surface area contributed by atoms with E-state index in [0.29, 0.717) is 26.1 Å². The molecule has 1 saturated carbocycles. The van der Waals surface area contributed by atoms with E-state index in [0.717, 1.165) is 19.3 Å². The number of hydrogen-bond donors (Lipinski definition) is 0. The zero-order valence-corrected chi connectivity index (χ0v) is 12.6. The molecule has 20 heavy (non-hydrogen) atoms. The normalized spacial score (nSPS) is 16.4. The number of carbonyl (C=O) groups excluding carboxylic acids is 2. The summed E-state index contributed by atoms with van der Waals surface area (Å²) in [5.41, 5.74) is -0.298. The minimum atomic E-state index is -0.315. The van der Waals surface area contributed by atoms with Crippen LogP contribution >= 0.6 is 0 Å². The van der Waals surface area contributed by atoms with E-state index >= 15 is 0 Å². The summed E-state index contributed by atoms with van der Waals surface area (Å²) in [6, 6.07) is 0. The van der Waals surface area contributed by atoms with Crippen molar-refractivity contribution in [3.05, 3.63) is 0 Å². The van der Waals surface area contributed by atoms with Gasteiger partial charge in [-0.25, -0.2) is 0 Å². The minimum absolute atomic E-state index is 0.00695. The highest BCUT2D eigenvalue weighted by Gasteiger charge is 2.40. The zero-order valence-electron chi connectivity index (χ0n) is 12.6. The smallest absolute Gasteiger partial charge is 0.307 e. The Morgan fingerprint density at radius 3 is 2.30 bits per heavy atom. The number of methoxy groups -OCH3 is 3. The Labute approximate surface area is 120 Å². The third kappa shape index (κ3) is 4.76. The lowest BCUT2D eigenvalue weighted by molar-refractivity contribution is -0.146. The van der Waals surface area contributed by atoms with Gasteiger partial charge in [-0.3, -0.25) is 9.59 Å². The summed E-state index contributed by atoms with van der Waals surface area (Å²) in [6.07, 6.45) is 3.51. The lowest BCUT2D eigenvalue weighted by Gasteiger charge is -2.41. The second-order valence-corrected chi connectivity index (χ2v) is 5.12. The first-order valence-corrected chi connectivity index (χ1v) is 6.95. The van der Waals surface area contributed by atoms with Crippen LogP contribution in [0.1, 0.15) is 32.1 Å². The summed E-state index contributed by atoms with van der Waals surface area (Å²) in [6.45, 7) is 1.29. The lowest BCUT2D eigenvalue weighted by atomic mass is 9.77. The summed E-state index contributed by atoms with van der Waals surface area (Å²) in [4.78, 5) is 25.2. The average molecular weight is 287 g/mol. The van der Waals surface area contributed by atoms with E-state index < -0.39 is 0 Å². The number of carbonyl (C=O) groups is 2. The molecule has 6 nitrogen and oxygen atoms in total. The summed E-state index contributed by atoms with van der Waals surface area (Å²) in [5.74, 6) is -0.308. The standard InChI is InChI=1S/C14H25NO5/c1-18-10-9-15(8-5-13(17)19-2)12(16)11-14(20-3)6-4-7-14/h4-11H2,1-3H3. The fourth-order valence-corrected chi connectivity index (χ4v) is 2.30. The van der Waals surface area contributed by atoms with Crippen molar-refractivity contribution >= 4 is 11.9 Å². The van der Waals surface area contributed by atoms with Gasteiger partial charge in [-0.2, -0.15) is 0 Å². The van der Waals surface area contributed by atoms with Crippen LogP contribution in [0.5, 0.6) is 0 Å². The molecule has 0 bridgehead atoms. The van der Waals surface area contributed by atoms with Crippen molar-refractivity contribution in [2.45, 2.75) is 37.7 Å². The first kappa shape index (κ1) is 16.9. The van der Waals surface area contributed by atoms with Gasteiger partial charge in [0.2, 0.25) is 5.91 Å². The first-order chi connectivity index (χ1) is 9.56. The van der Waals surface area contributed by atoms with Crippen molar-refractivity contribution < 1.29 is 23.8 Å². The highest BCUT2D eigenvalue weighted by atomic mass is 16.5. The van der Waals surface area contributed by atoms with E-state index in [2.05, 4.69) is 4.74 Å². The molecular weight excluding hydrogens is 262 g/mol. The van der Waals surface area contributed by atoms with Crippen LogP contribution < -0.4 is 0 Å². The predicted molar refractivity (Wildman–Crippen MR) is 73.3 cm³/mol. The lowest BCUT2D eigenvalue weighted by Crippen LogP contribution is -2.46. The SMILES string of the molecule is COCCN(CCC(=O)OC)C(=O)CC1(OC)CCC1. The fraction of sp³-hybridized carbons (Fsp3) is 0.857. The molecule has 0 atom stereocenters. The molecule has 0 saturated heterocycles. The number of esters is 1. The topological polar surface area (TPSA) is 65.1 Å². The third-order valence-electron chi connectivity index (χ3n) is 3.90. The van der Waals surface area contributed by atoms with Gasteiger partial charge in [0.05, 0.1) is 32.2 Å². The molecule has 1 amide bonds. The number of rotatable bonds is 9. The molecule has 0 unspecified atom stereocenters. The Hall–Kier alpha value is -1.14. The van der Waals surface area contributed by atoms with Gasteiger partial charge >= 0.3 is 5.97 Å². The maximum Gasteiger partial charge on any atom is 0.307 e.